The highest BCUT2D eigenvalue weighted by Gasteiger charge is 2.30. The Kier molecular flexibility index (Phi) is 4.94. The van der Waals surface area contributed by atoms with E-state index in [1.54, 1.807) is 19.2 Å². The Morgan fingerprint density at radius 3 is 2.70 bits per heavy atom. The average Bonchev–Trinajstić information content (AvgIpc) is 3.03. The van der Waals surface area contributed by atoms with E-state index < -0.39 is 6.10 Å². The third-order valence-electron chi connectivity index (χ3n) is 4.49. The van der Waals surface area contributed by atoms with Crippen molar-refractivity contribution in [1.29, 1.82) is 0 Å². The van der Waals surface area contributed by atoms with Crippen LogP contribution in [0, 0.1) is 5.82 Å². The number of rotatable bonds is 5. The molecular weight excluding hydrogens is 293 g/mol. The zero-order valence-electron chi connectivity index (χ0n) is 13.2. The van der Waals surface area contributed by atoms with Crippen molar-refractivity contribution in [2.45, 2.75) is 37.5 Å². The highest BCUT2D eigenvalue weighted by Crippen LogP contribution is 2.27. The van der Waals surface area contributed by atoms with E-state index in [2.05, 4.69) is 17.4 Å². The summed E-state index contributed by atoms with van der Waals surface area (Å²) in [6.07, 6.45) is 2.13. The fourth-order valence-corrected chi connectivity index (χ4v) is 3.23. The van der Waals surface area contributed by atoms with Crippen molar-refractivity contribution in [2.75, 3.05) is 7.11 Å². The molecule has 0 saturated carbocycles. The maximum Gasteiger partial charge on any atom is 0.123 e. The third-order valence-corrected chi connectivity index (χ3v) is 4.49. The van der Waals surface area contributed by atoms with Crippen LogP contribution in [0.15, 0.2) is 48.5 Å². The number of benzene rings is 2. The molecule has 122 valence electrons. The lowest BCUT2D eigenvalue weighted by atomic mass is 10.0. The third kappa shape index (κ3) is 3.89. The predicted molar refractivity (Wildman–Crippen MR) is 88.0 cm³/mol. The fourth-order valence-electron chi connectivity index (χ4n) is 3.23. The van der Waals surface area contributed by atoms with Crippen LogP contribution in [0.2, 0.25) is 0 Å². The van der Waals surface area contributed by atoms with Crippen molar-refractivity contribution in [2.24, 2.45) is 0 Å². The number of nitrogens with one attached hydrogen (secondary N) is 1. The summed E-state index contributed by atoms with van der Waals surface area (Å²) in [5, 5.41) is 13.9. The summed E-state index contributed by atoms with van der Waals surface area (Å²) in [5.74, 6) is 0.543. The van der Waals surface area contributed by atoms with Gasteiger partial charge >= 0.3 is 0 Å². The molecule has 0 radical (unpaired) electrons. The van der Waals surface area contributed by atoms with Crippen molar-refractivity contribution in [3.63, 3.8) is 0 Å². The second kappa shape index (κ2) is 7.11. The molecule has 3 atom stereocenters. The molecule has 0 bridgehead atoms. The van der Waals surface area contributed by atoms with Crippen LogP contribution < -0.4 is 10.1 Å². The Bertz CT molecular complexity index is 644. The molecule has 1 heterocycles. The molecule has 0 unspecified atom stereocenters. The summed E-state index contributed by atoms with van der Waals surface area (Å²) in [4.78, 5) is 0. The van der Waals surface area contributed by atoms with Gasteiger partial charge in [-0.2, -0.15) is 0 Å². The topological polar surface area (TPSA) is 41.5 Å². The van der Waals surface area contributed by atoms with Crippen molar-refractivity contribution in [1.82, 2.24) is 5.32 Å². The maximum atomic E-state index is 13.3. The van der Waals surface area contributed by atoms with Crippen molar-refractivity contribution < 1.29 is 14.2 Å². The summed E-state index contributed by atoms with van der Waals surface area (Å²) >= 11 is 0. The molecule has 0 aliphatic carbocycles. The number of hydrogen-bond acceptors (Lipinski definition) is 3. The molecule has 2 N–H and O–H groups in total. The first-order valence-corrected chi connectivity index (χ1v) is 7.98. The molecule has 0 amide bonds. The van der Waals surface area contributed by atoms with Crippen molar-refractivity contribution in [3.05, 3.63) is 65.5 Å². The van der Waals surface area contributed by atoms with E-state index in [9.17, 15) is 9.50 Å². The van der Waals surface area contributed by atoms with E-state index in [1.165, 1.54) is 17.7 Å². The average molecular weight is 315 g/mol. The lowest BCUT2D eigenvalue weighted by molar-refractivity contribution is 0.135. The molecule has 1 aliphatic rings. The van der Waals surface area contributed by atoms with E-state index in [0.29, 0.717) is 11.6 Å². The highest BCUT2D eigenvalue weighted by molar-refractivity contribution is 5.28. The van der Waals surface area contributed by atoms with Crippen LogP contribution >= 0.6 is 0 Å². The van der Waals surface area contributed by atoms with Gasteiger partial charge in [-0.15, -0.1) is 0 Å². The summed E-state index contributed by atoms with van der Waals surface area (Å²) in [6.45, 7) is 0. The van der Waals surface area contributed by atoms with Gasteiger partial charge in [-0.25, -0.2) is 4.39 Å². The molecule has 1 aliphatic heterocycles. The largest absolute Gasteiger partial charge is 0.497 e. The van der Waals surface area contributed by atoms with Crippen LogP contribution in [0.1, 0.15) is 30.1 Å². The second-order valence-corrected chi connectivity index (χ2v) is 6.10. The number of aliphatic hydroxyl groups is 1. The summed E-state index contributed by atoms with van der Waals surface area (Å²) in [7, 11) is 1.66. The van der Waals surface area contributed by atoms with Gasteiger partial charge < -0.3 is 15.2 Å². The first-order chi connectivity index (χ1) is 11.2. The van der Waals surface area contributed by atoms with Gasteiger partial charge in [0.15, 0.2) is 0 Å². The van der Waals surface area contributed by atoms with Gasteiger partial charge in [0.05, 0.1) is 13.2 Å². The number of halogens is 1. The first kappa shape index (κ1) is 16.0. The van der Waals surface area contributed by atoms with Crippen molar-refractivity contribution >= 4 is 0 Å². The van der Waals surface area contributed by atoms with Crippen LogP contribution in [0.3, 0.4) is 0 Å². The van der Waals surface area contributed by atoms with Gasteiger partial charge in [-0.3, -0.25) is 0 Å². The monoisotopic (exact) mass is 315 g/mol. The number of hydrogen-bond donors (Lipinski definition) is 2. The van der Waals surface area contributed by atoms with E-state index in [1.807, 2.05) is 12.1 Å². The predicted octanol–water partition coefficient (Wildman–Crippen LogP) is 3.23. The summed E-state index contributed by atoms with van der Waals surface area (Å²) in [6, 6.07) is 14.6. The van der Waals surface area contributed by atoms with Crippen LogP contribution in [0.5, 0.6) is 5.75 Å². The Balaban J connectivity index is 1.59. The molecule has 2 aromatic carbocycles. The lowest BCUT2D eigenvalue weighted by Crippen LogP contribution is -2.35. The smallest absolute Gasteiger partial charge is 0.123 e. The first-order valence-electron chi connectivity index (χ1n) is 7.98. The number of methoxy groups -OCH3 is 1. The standard InChI is InChI=1S/C19H22FNO2/c1-23-17-8-5-13(6-9-17)11-16-7-10-18(21-16)19(22)14-3-2-4-15(20)12-14/h2-6,8-9,12,16,18-19,21-22H,7,10-11H2,1H3/t16-,18-,19-/m1/s1. The SMILES string of the molecule is COc1ccc(C[C@H]2CC[C@H]([C@H](O)c3cccc(F)c3)N2)cc1. The maximum absolute atomic E-state index is 13.3. The van der Waals surface area contributed by atoms with Crippen LogP contribution in [-0.4, -0.2) is 24.3 Å². The zero-order valence-corrected chi connectivity index (χ0v) is 13.2. The van der Waals surface area contributed by atoms with Crippen LogP contribution in [0.25, 0.3) is 0 Å². The number of aliphatic hydroxyl groups excluding tert-OH is 1. The summed E-state index contributed by atoms with van der Waals surface area (Å²) < 4.78 is 18.5. The molecule has 2 aromatic rings. The molecule has 1 saturated heterocycles. The van der Waals surface area contributed by atoms with Crippen LogP contribution in [-0.2, 0) is 6.42 Å². The Morgan fingerprint density at radius 2 is 2.00 bits per heavy atom. The Hall–Kier alpha value is -1.91. The molecule has 0 spiro atoms. The van der Waals surface area contributed by atoms with Gasteiger partial charge in [0.1, 0.15) is 11.6 Å². The molecule has 4 heteroatoms. The van der Waals surface area contributed by atoms with Gasteiger partial charge in [-0.05, 0) is 54.7 Å². The lowest BCUT2D eigenvalue weighted by Gasteiger charge is -2.20. The minimum Gasteiger partial charge on any atom is -0.497 e. The molecule has 0 aromatic heterocycles. The number of ether oxygens (including phenoxy) is 1. The normalized spacial score (nSPS) is 22.0. The van der Waals surface area contributed by atoms with E-state index in [0.717, 1.165) is 25.0 Å². The molecular formula is C19H22FNO2. The van der Waals surface area contributed by atoms with Gasteiger partial charge in [0.25, 0.3) is 0 Å². The Labute approximate surface area is 136 Å². The van der Waals surface area contributed by atoms with Crippen LogP contribution in [0.4, 0.5) is 4.39 Å². The Morgan fingerprint density at radius 1 is 1.22 bits per heavy atom. The fraction of sp³-hybridized carbons (Fsp3) is 0.368. The molecule has 23 heavy (non-hydrogen) atoms. The van der Waals surface area contributed by atoms with E-state index in [4.69, 9.17) is 4.74 Å². The summed E-state index contributed by atoms with van der Waals surface area (Å²) in [5.41, 5.74) is 1.87. The van der Waals surface area contributed by atoms with Gasteiger partial charge in [0.2, 0.25) is 0 Å². The molecule has 3 rings (SSSR count). The molecule has 1 fully saturated rings. The van der Waals surface area contributed by atoms with Gasteiger partial charge in [0, 0.05) is 12.1 Å². The molecule has 3 nitrogen and oxygen atoms in total. The minimum atomic E-state index is -0.674. The zero-order chi connectivity index (χ0) is 16.2. The second-order valence-electron chi connectivity index (χ2n) is 6.10. The quantitative estimate of drug-likeness (QED) is 0.890. The highest BCUT2D eigenvalue weighted by atomic mass is 19.1. The van der Waals surface area contributed by atoms with Gasteiger partial charge in [-0.1, -0.05) is 24.3 Å². The minimum absolute atomic E-state index is 0.0277. The van der Waals surface area contributed by atoms with E-state index >= 15 is 0 Å². The van der Waals surface area contributed by atoms with Crippen molar-refractivity contribution in [3.8, 4) is 5.75 Å². The van der Waals surface area contributed by atoms with E-state index in [-0.39, 0.29) is 11.9 Å².